The van der Waals surface area contributed by atoms with Gasteiger partial charge in [-0.25, -0.2) is 0 Å². The van der Waals surface area contributed by atoms with Gasteiger partial charge in [0.1, 0.15) is 0 Å². The Morgan fingerprint density at radius 1 is 0.400 bits per heavy atom. The van der Waals surface area contributed by atoms with Crippen LogP contribution < -0.4 is 4.90 Å². The standard InChI is InChI=1S/C54H41N/c1-54(2)48-21-10-9-17-42(48)46-32-38(28-30-49(46)54)53-44-19-8-7-18-43(44)52(39-26-25-36-24-23-35-14-5-11-22-50(35)55(3)51(36)33-39)45-29-27-37(31-47(45)53)41-20-12-15-34-13-4-6-16-40(34)41/h4-22,25-33H,23-24H2,1-3H3. The van der Waals surface area contributed by atoms with E-state index in [0.717, 1.165) is 12.8 Å². The number of benzene rings is 9. The largest absolute Gasteiger partial charge is 0.344 e. The highest BCUT2D eigenvalue weighted by molar-refractivity contribution is 6.22. The highest BCUT2D eigenvalue weighted by Crippen LogP contribution is 2.52. The Labute approximate surface area is 323 Å². The summed E-state index contributed by atoms with van der Waals surface area (Å²) in [6.07, 6.45) is 2.08. The molecule has 0 unspecified atom stereocenters. The maximum Gasteiger partial charge on any atom is 0.0447 e. The quantitative estimate of drug-likeness (QED) is 0.166. The van der Waals surface area contributed by atoms with Crippen molar-refractivity contribution in [2.45, 2.75) is 32.1 Å². The smallest absolute Gasteiger partial charge is 0.0447 e. The van der Waals surface area contributed by atoms with E-state index in [-0.39, 0.29) is 5.41 Å². The number of aryl methyl sites for hydroxylation is 2. The van der Waals surface area contributed by atoms with Crippen molar-refractivity contribution in [3.8, 4) is 44.5 Å². The van der Waals surface area contributed by atoms with Gasteiger partial charge in [0.2, 0.25) is 0 Å². The van der Waals surface area contributed by atoms with E-state index in [2.05, 4.69) is 196 Å². The third kappa shape index (κ3) is 4.79. The van der Waals surface area contributed by atoms with Crippen LogP contribution in [0.2, 0.25) is 0 Å². The topological polar surface area (TPSA) is 3.24 Å². The maximum atomic E-state index is 2.48. The lowest BCUT2D eigenvalue weighted by atomic mass is 9.81. The van der Waals surface area contributed by atoms with Crippen molar-refractivity contribution in [3.05, 3.63) is 192 Å². The molecule has 262 valence electrons. The maximum absolute atomic E-state index is 2.48. The second-order valence-electron chi connectivity index (χ2n) is 16.0. The highest BCUT2D eigenvalue weighted by atomic mass is 15.1. The monoisotopic (exact) mass is 703 g/mol. The molecular weight excluding hydrogens is 663 g/mol. The normalized spacial score (nSPS) is 14.1. The lowest BCUT2D eigenvalue weighted by Gasteiger charge is -2.24. The van der Waals surface area contributed by atoms with Crippen LogP contribution in [0.3, 0.4) is 0 Å². The lowest BCUT2D eigenvalue weighted by Crippen LogP contribution is -2.14. The third-order valence-corrected chi connectivity index (χ3v) is 12.7. The second kappa shape index (κ2) is 12.0. The van der Waals surface area contributed by atoms with E-state index >= 15 is 0 Å². The van der Waals surface area contributed by atoms with Gasteiger partial charge in [-0.2, -0.15) is 0 Å². The SMILES string of the molecule is CN1c2ccccc2CCc2ccc(-c3c4ccccc4c(-c4ccc5c(c4)-c4ccccc4C5(C)C)c4cc(-c5cccc6ccccc56)ccc34)cc21. The fourth-order valence-corrected chi connectivity index (χ4v) is 10.0. The molecule has 0 fully saturated rings. The number of hydrogen-bond acceptors (Lipinski definition) is 1. The van der Waals surface area contributed by atoms with Gasteiger partial charge in [0, 0.05) is 23.8 Å². The Morgan fingerprint density at radius 2 is 0.982 bits per heavy atom. The Kier molecular flexibility index (Phi) is 7.01. The molecule has 0 saturated heterocycles. The molecule has 1 aliphatic carbocycles. The Morgan fingerprint density at radius 3 is 1.84 bits per heavy atom. The number of rotatable bonds is 3. The van der Waals surface area contributed by atoms with Gasteiger partial charge in [-0.15, -0.1) is 0 Å². The van der Waals surface area contributed by atoms with Crippen LogP contribution in [-0.4, -0.2) is 7.05 Å². The van der Waals surface area contributed by atoms with Gasteiger partial charge in [-0.1, -0.05) is 159 Å². The molecular formula is C54H41N. The zero-order chi connectivity index (χ0) is 36.8. The van der Waals surface area contributed by atoms with Crippen molar-refractivity contribution in [1.82, 2.24) is 0 Å². The molecule has 1 aliphatic heterocycles. The van der Waals surface area contributed by atoms with E-state index in [1.165, 1.54) is 110 Å². The van der Waals surface area contributed by atoms with Crippen LogP contribution >= 0.6 is 0 Å². The van der Waals surface area contributed by atoms with Gasteiger partial charge in [-0.05, 0) is 136 Å². The fourth-order valence-electron chi connectivity index (χ4n) is 10.0. The molecule has 1 heteroatoms. The van der Waals surface area contributed by atoms with Gasteiger partial charge in [0.05, 0.1) is 0 Å². The average molecular weight is 704 g/mol. The van der Waals surface area contributed by atoms with E-state index in [9.17, 15) is 0 Å². The van der Waals surface area contributed by atoms with Gasteiger partial charge >= 0.3 is 0 Å². The molecule has 0 spiro atoms. The minimum absolute atomic E-state index is 0.0427. The second-order valence-corrected chi connectivity index (χ2v) is 16.0. The number of hydrogen-bond donors (Lipinski definition) is 0. The van der Waals surface area contributed by atoms with Gasteiger partial charge < -0.3 is 4.90 Å². The lowest BCUT2D eigenvalue weighted by molar-refractivity contribution is 0.660. The number of nitrogens with zero attached hydrogens (tertiary/aromatic N) is 1. The molecule has 11 rings (SSSR count). The number of fused-ring (bicyclic) bond motifs is 8. The molecule has 0 bridgehead atoms. The van der Waals surface area contributed by atoms with Crippen molar-refractivity contribution in [2.24, 2.45) is 0 Å². The van der Waals surface area contributed by atoms with Crippen LogP contribution in [-0.2, 0) is 18.3 Å². The Hall–Kier alpha value is -6.44. The van der Waals surface area contributed by atoms with E-state index in [0.29, 0.717) is 0 Å². The number of anilines is 2. The molecule has 0 N–H and O–H groups in total. The van der Waals surface area contributed by atoms with Crippen molar-refractivity contribution >= 4 is 43.7 Å². The molecule has 1 heterocycles. The van der Waals surface area contributed by atoms with Crippen LogP contribution in [0.25, 0.3) is 76.8 Å². The van der Waals surface area contributed by atoms with Gasteiger partial charge in [-0.3, -0.25) is 0 Å². The highest BCUT2D eigenvalue weighted by Gasteiger charge is 2.35. The zero-order valence-electron chi connectivity index (χ0n) is 31.5. The Balaban J connectivity index is 1.21. The molecule has 55 heavy (non-hydrogen) atoms. The molecule has 0 radical (unpaired) electrons. The van der Waals surface area contributed by atoms with Crippen LogP contribution in [0.4, 0.5) is 11.4 Å². The van der Waals surface area contributed by atoms with Crippen LogP contribution in [0.5, 0.6) is 0 Å². The fraction of sp³-hybridized carbons (Fsp3) is 0.111. The first-order valence-electron chi connectivity index (χ1n) is 19.6. The Bertz CT molecular complexity index is 3030. The predicted molar refractivity (Wildman–Crippen MR) is 235 cm³/mol. The van der Waals surface area contributed by atoms with Gasteiger partial charge in [0.15, 0.2) is 0 Å². The van der Waals surface area contributed by atoms with E-state index in [4.69, 9.17) is 0 Å². The summed E-state index contributed by atoms with van der Waals surface area (Å²) in [6, 6.07) is 64.1. The van der Waals surface area contributed by atoms with Crippen molar-refractivity contribution in [3.63, 3.8) is 0 Å². The third-order valence-electron chi connectivity index (χ3n) is 12.7. The first kappa shape index (κ1) is 32.0. The van der Waals surface area contributed by atoms with Crippen molar-refractivity contribution < 1.29 is 0 Å². The summed E-state index contributed by atoms with van der Waals surface area (Å²) in [6.45, 7) is 4.73. The van der Waals surface area contributed by atoms with Crippen LogP contribution in [0, 0.1) is 0 Å². The van der Waals surface area contributed by atoms with Crippen LogP contribution in [0.1, 0.15) is 36.1 Å². The number of para-hydroxylation sites is 1. The van der Waals surface area contributed by atoms with E-state index in [1.54, 1.807) is 0 Å². The summed E-state index contributed by atoms with van der Waals surface area (Å²) in [7, 11) is 2.23. The summed E-state index contributed by atoms with van der Waals surface area (Å²) < 4.78 is 0. The zero-order valence-corrected chi connectivity index (χ0v) is 31.5. The molecule has 0 aromatic heterocycles. The van der Waals surface area contributed by atoms with Crippen molar-refractivity contribution in [2.75, 3.05) is 11.9 Å². The molecule has 0 saturated carbocycles. The van der Waals surface area contributed by atoms with Crippen LogP contribution in [0.15, 0.2) is 170 Å². The summed E-state index contributed by atoms with van der Waals surface area (Å²) in [5.41, 5.74) is 18.4. The summed E-state index contributed by atoms with van der Waals surface area (Å²) in [5, 5.41) is 7.64. The molecule has 1 nitrogen and oxygen atoms in total. The van der Waals surface area contributed by atoms with Gasteiger partial charge in [0.25, 0.3) is 0 Å². The minimum atomic E-state index is -0.0427. The minimum Gasteiger partial charge on any atom is -0.344 e. The summed E-state index contributed by atoms with van der Waals surface area (Å²) in [5.74, 6) is 0. The van der Waals surface area contributed by atoms with E-state index < -0.39 is 0 Å². The average Bonchev–Trinajstić information content (AvgIpc) is 3.36. The molecule has 0 amide bonds. The first-order valence-corrected chi connectivity index (χ1v) is 19.6. The molecule has 9 aromatic rings. The summed E-state index contributed by atoms with van der Waals surface area (Å²) >= 11 is 0. The molecule has 0 atom stereocenters. The first-order chi connectivity index (χ1) is 27.0. The van der Waals surface area contributed by atoms with Crippen molar-refractivity contribution in [1.29, 1.82) is 0 Å². The molecule has 2 aliphatic rings. The van der Waals surface area contributed by atoms with E-state index in [1.807, 2.05) is 0 Å². The summed E-state index contributed by atoms with van der Waals surface area (Å²) in [4.78, 5) is 2.41. The predicted octanol–water partition coefficient (Wildman–Crippen LogP) is 14.3. The molecule has 9 aromatic carbocycles.